The van der Waals surface area contributed by atoms with E-state index in [1.54, 1.807) is 0 Å². The highest BCUT2D eigenvalue weighted by molar-refractivity contribution is 5.98. The lowest BCUT2D eigenvalue weighted by Crippen LogP contribution is -2.48. The highest BCUT2D eigenvalue weighted by atomic mass is 16.7. The first kappa shape index (κ1) is 13.5. The minimum atomic E-state index is -0.712. The number of nitrogens with two attached hydrogens (primary N) is 1. The topological polar surface area (TPSA) is 73.6 Å². The van der Waals surface area contributed by atoms with Gasteiger partial charge in [0.1, 0.15) is 0 Å². The fourth-order valence-corrected chi connectivity index (χ4v) is 2.80. The first-order valence-corrected chi connectivity index (χ1v) is 7.11. The molecule has 1 aromatic carbocycles. The van der Waals surface area contributed by atoms with Crippen LogP contribution in [0.15, 0.2) is 24.3 Å². The largest absolute Gasteiger partial charge is 0.346 e. The zero-order chi connectivity index (χ0) is 14.0. The van der Waals surface area contributed by atoms with Gasteiger partial charge in [0, 0.05) is 11.3 Å². The van der Waals surface area contributed by atoms with Gasteiger partial charge in [0.25, 0.3) is 0 Å². The molecule has 1 aliphatic carbocycles. The summed E-state index contributed by atoms with van der Waals surface area (Å²) >= 11 is 0. The quantitative estimate of drug-likeness (QED) is 0.885. The molecule has 5 nitrogen and oxygen atoms in total. The van der Waals surface area contributed by atoms with Crippen LogP contribution in [0.1, 0.15) is 37.5 Å². The van der Waals surface area contributed by atoms with Gasteiger partial charge < -0.3 is 20.5 Å². The van der Waals surface area contributed by atoms with Gasteiger partial charge in [0.15, 0.2) is 6.29 Å². The molecule has 0 unspecified atom stereocenters. The Morgan fingerprint density at radius 1 is 1.25 bits per heavy atom. The molecule has 1 amide bonds. The van der Waals surface area contributed by atoms with E-state index >= 15 is 0 Å². The van der Waals surface area contributed by atoms with E-state index in [0.29, 0.717) is 13.2 Å². The van der Waals surface area contributed by atoms with Crippen molar-refractivity contribution >= 4 is 11.6 Å². The van der Waals surface area contributed by atoms with Crippen LogP contribution in [0.3, 0.4) is 0 Å². The number of anilines is 1. The van der Waals surface area contributed by atoms with Gasteiger partial charge in [-0.05, 0) is 25.0 Å². The van der Waals surface area contributed by atoms with E-state index in [0.717, 1.165) is 36.9 Å². The maximum Gasteiger partial charge on any atom is 0.244 e. The summed E-state index contributed by atoms with van der Waals surface area (Å²) in [6, 6.07) is 7.55. The zero-order valence-electron chi connectivity index (χ0n) is 11.4. The summed E-state index contributed by atoms with van der Waals surface area (Å²) in [5.74, 6) is -0.0968. The monoisotopic (exact) mass is 276 g/mol. The summed E-state index contributed by atoms with van der Waals surface area (Å²) < 4.78 is 10.9. The molecule has 0 atom stereocenters. The molecule has 20 heavy (non-hydrogen) atoms. The van der Waals surface area contributed by atoms with Gasteiger partial charge in [-0.2, -0.15) is 0 Å². The van der Waals surface area contributed by atoms with Crippen LogP contribution in [0.5, 0.6) is 0 Å². The normalized spacial score (nSPS) is 22.1. The molecule has 1 saturated heterocycles. The van der Waals surface area contributed by atoms with Gasteiger partial charge in [-0.25, -0.2) is 0 Å². The molecule has 0 spiro atoms. The number of hydrogen-bond donors (Lipinski definition) is 2. The highest BCUT2D eigenvalue weighted by Crippen LogP contribution is 2.29. The number of carbonyl (C=O) groups excluding carboxylic acids is 1. The second-order valence-electron chi connectivity index (χ2n) is 5.52. The molecular formula is C15H20N2O3. The molecule has 3 N–H and O–H groups in total. The average Bonchev–Trinajstić information content (AvgIpc) is 3.11. The minimum Gasteiger partial charge on any atom is -0.346 e. The van der Waals surface area contributed by atoms with E-state index in [1.807, 2.05) is 24.3 Å². The summed E-state index contributed by atoms with van der Waals surface area (Å²) in [5.41, 5.74) is 7.09. The maximum atomic E-state index is 12.3. The maximum absolute atomic E-state index is 12.3. The van der Waals surface area contributed by atoms with Crippen LogP contribution in [-0.2, 0) is 14.3 Å². The number of ether oxygens (including phenoxy) is 2. The Bertz CT molecular complexity index is 492. The van der Waals surface area contributed by atoms with Crippen molar-refractivity contribution in [1.29, 1.82) is 0 Å². The lowest BCUT2D eigenvalue weighted by molar-refractivity contribution is -0.121. The van der Waals surface area contributed by atoms with Crippen molar-refractivity contribution in [2.45, 2.75) is 37.5 Å². The Morgan fingerprint density at radius 3 is 2.65 bits per heavy atom. The van der Waals surface area contributed by atoms with E-state index in [1.165, 1.54) is 0 Å². The molecule has 1 aliphatic heterocycles. The minimum absolute atomic E-state index is 0.0968. The van der Waals surface area contributed by atoms with Crippen molar-refractivity contribution in [3.8, 4) is 0 Å². The lowest BCUT2D eigenvalue weighted by atomic mass is 9.98. The van der Waals surface area contributed by atoms with Gasteiger partial charge in [-0.3, -0.25) is 4.79 Å². The van der Waals surface area contributed by atoms with Crippen molar-refractivity contribution in [3.05, 3.63) is 29.8 Å². The summed E-state index contributed by atoms with van der Waals surface area (Å²) in [6.45, 7) is 1.21. The summed E-state index contributed by atoms with van der Waals surface area (Å²) in [4.78, 5) is 12.3. The van der Waals surface area contributed by atoms with E-state index < -0.39 is 5.54 Å². The second-order valence-corrected chi connectivity index (χ2v) is 5.52. The molecular weight excluding hydrogens is 256 g/mol. The van der Waals surface area contributed by atoms with E-state index in [9.17, 15) is 4.79 Å². The molecule has 2 fully saturated rings. The molecule has 1 aromatic rings. The van der Waals surface area contributed by atoms with Crippen molar-refractivity contribution in [2.75, 3.05) is 18.5 Å². The molecule has 1 saturated carbocycles. The molecule has 3 rings (SSSR count). The summed E-state index contributed by atoms with van der Waals surface area (Å²) in [7, 11) is 0. The summed E-state index contributed by atoms with van der Waals surface area (Å²) in [5, 5.41) is 2.91. The van der Waals surface area contributed by atoms with Gasteiger partial charge >= 0.3 is 0 Å². The Balaban J connectivity index is 1.71. The van der Waals surface area contributed by atoms with E-state index in [2.05, 4.69) is 5.32 Å². The van der Waals surface area contributed by atoms with E-state index in [-0.39, 0.29) is 12.2 Å². The van der Waals surface area contributed by atoms with Crippen LogP contribution in [-0.4, -0.2) is 24.7 Å². The van der Waals surface area contributed by atoms with Crippen LogP contribution in [0.4, 0.5) is 5.69 Å². The van der Waals surface area contributed by atoms with Crippen LogP contribution in [0.2, 0.25) is 0 Å². The third-order valence-electron chi connectivity index (χ3n) is 3.99. The van der Waals surface area contributed by atoms with Gasteiger partial charge in [-0.15, -0.1) is 0 Å². The molecule has 0 radical (unpaired) electrons. The first-order valence-electron chi connectivity index (χ1n) is 7.11. The smallest absolute Gasteiger partial charge is 0.244 e. The van der Waals surface area contributed by atoms with Crippen molar-refractivity contribution in [3.63, 3.8) is 0 Å². The Kier molecular flexibility index (Phi) is 3.74. The number of nitrogens with one attached hydrogen (secondary N) is 1. The second kappa shape index (κ2) is 5.52. The van der Waals surface area contributed by atoms with Crippen LogP contribution in [0, 0.1) is 0 Å². The first-order chi connectivity index (χ1) is 9.67. The summed E-state index contributed by atoms with van der Waals surface area (Å²) in [6.07, 6.45) is 3.23. The highest BCUT2D eigenvalue weighted by Gasteiger charge is 2.37. The number of amides is 1. The predicted molar refractivity (Wildman–Crippen MR) is 75.1 cm³/mol. The van der Waals surface area contributed by atoms with Gasteiger partial charge in [-0.1, -0.05) is 25.0 Å². The van der Waals surface area contributed by atoms with Crippen molar-refractivity contribution in [2.24, 2.45) is 5.73 Å². The number of carbonyl (C=O) groups is 1. The fraction of sp³-hybridized carbons (Fsp3) is 0.533. The van der Waals surface area contributed by atoms with E-state index in [4.69, 9.17) is 15.2 Å². The third kappa shape index (κ3) is 2.70. The number of rotatable bonds is 3. The number of hydrogen-bond acceptors (Lipinski definition) is 4. The Hall–Kier alpha value is -1.43. The zero-order valence-corrected chi connectivity index (χ0v) is 11.4. The number of benzene rings is 1. The van der Waals surface area contributed by atoms with Crippen LogP contribution < -0.4 is 11.1 Å². The third-order valence-corrected chi connectivity index (χ3v) is 3.99. The SMILES string of the molecule is NC1(C(=O)Nc2cccc(C3OCCO3)c2)CCCC1. The van der Waals surface area contributed by atoms with Crippen LogP contribution >= 0.6 is 0 Å². The molecule has 0 aromatic heterocycles. The van der Waals surface area contributed by atoms with Gasteiger partial charge in [0.2, 0.25) is 5.91 Å². The van der Waals surface area contributed by atoms with Crippen LogP contribution in [0.25, 0.3) is 0 Å². The molecule has 2 aliphatic rings. The Morgan fingerprint density at radius 2 is 1.95 bits per heavy atom. The molecule has 108 valence electrons. The predicted octanol–water partition coefficient (Wildman–Crippen LogP) is 1.94. The van der Waals surface area contributed by atoms with Crippen molar-refractivity contribution < 1.29 is 14.3 Å². The Labute approximate surface area is 118 Å². The standard InChI is InChI=1S/C15H20N2O3/c16-15(6-1-2-7-15)14(18)17-12-5-3-4-11(10-12)13-19-8-9-20-13/h3-5,10,13H,1-2,6-9,16H2,(H,17,18). The molecule has 0 bridgehead atoms. The van der Waals surface area contributed by atoms with Crippen molar-refractivity contribution in [1.82, 2.24) is 0 Å². The molecule has 1 heterocycles. The average molecular weight is 276 g/mol. The fourth-order valence-electron chi connectivity index (χ4n) is 2.80. The lowest BCUT2D eigenvalue weighted by Gasteiger charge is -2.22. The molecule has 5 heteroatoms. The van der Waals surface area contributed by atoms with Gasteiger partial charge in [0.05, 0.1) is 18.8 Å².